The summed E-state index contributed by atoms with van der Waals surface area (Å²) in [7, 11) is 0. The van der Waals surface area contributed by atoms with Gasteiger partial charge in [0.2, 0.25) is 0 Å². The lowest BCUT2D eigenvalue weighted by Gasteiger charge is -2.06. The molecule has 0 aromatic heterocycles. The minimum Gasteiger partial charge on any atom is -0.494 e. The van der Waals surface area contributed by atoms with Crippen molar-refractivity contribution in [2.24, 2.45) is 0 Å². The van der Waals surface area contributed by atoms with Gasteiger partial charge in [0, 0.05) is 0 Å². The summed E-state index contributed by atoms with van der Waals surface area (Å²) >= 11 is 0. The first-order valence-electron chi connectivity index (χ1n) is 9.23. The fourth-order valence-corrected chi connectivity index (χ4v) is 2.61. The molecule has 2 rings (SSSR count). The molecule has 2 heteroatoms. The van der Waals surface area contributed by atoms with Crippen molar-refractivity contribution < 1.29 is 4.74 Å². The Hall–Kier alpha value is -2.53. The van der Waals surface area contributed by atoms with E-state index in [1.165, 1.54) is 32.1 Å². The topological polar surface area (TPSA) is 33.0 Å². The van der Waals surface area contributed by atoms with Gasteiger partial charge in [-0.15, -0.1) is 0 Å². The van der Waals surface area contributed by atoms with Crippen molar-refractivity contribution in [3.63, 3.8) is 0 Å². The standard InChI is InChI=1S/C23H27NO/c1-2-3-4-5-6-7-18-25-23-16-14-21(15-17-23)9-8-20-10-12-22(19-24)13-11-20/h8-17H,2-7,18H2,1H3. The first-order chi connectivity index (χ1) is 12.3. The molecule has 0 bridgehead atoms. The maximum Gasteiger partial charge on any atom is 0.119 e. The number of hydrogen-bond donors (Lipinski definition) is 0. The zero-order chi connectivity index (χ0) is 17.7. The van der Waals surface area contributed by atoms with Gasteiger partial charge in [0.15, 0.2) is 0 Å². The monoisotopic (exact) mass is 333 g/mol. The van der Waals surface area contributed by atoms with Crippen molar-refractivity contribution in [2.45, 2.75) is 45.4 Å². The highest BCUT2D eigenvalue weighted by Gasteiger charge is 1.95. The normalized spacial score (nSPS) is 10.7. The van der Waals surface area contributed by atoms with Gasteiger partial charge in [0.1, 0.15) is 5.75 Å². The molecule has 0 aliphatic rings. The van der Waals surface area contributed by atoms with Crippen LogP contribution in [0.5, 0.6) is 5.75 Å². The van der Waals surface area contributed by atoms with Gasteiger partial charge in [-0.25, -0.2) is 0 Å². The number of rotatable bonds is 10. The van der Waals surface area contributed by atoms with E-state index < -0.39 is 0 Å². The summed E-state index contributed by atoms with van der Waals surface area (Å²) in [5.74, 6) is 0.934. The van der Waals surface area contributed by atoms with E-state index in [1.807, 2.05) is 42.5 Å². The minimum absolute atomic E-state index is 0.684. The Labute approximate surface area is 151 Å². The molecular formula is C23H27NO. The van der Waals surface area contributed by atoms with Crippen LogP contribution in [0.25, 0.3) is 12.2 Å². The van der Waals surface area contributed by atoms with Crippen molar-refractivity contribution in [3.05, 3.63) is 65.2 Å². The summed E-state index contributed by atoms with van der Waals surface area (Å²) < 4.78 is 5.80. The second-order valence-electron chi connectivity index (χ2n) is 6.25. The third kappa shape index (κ3) is 7.27. The Kier molecular flexibility index (Phi) is 8.35. The minimum atomic E-state index is 0.684. The molecule has 130 valence electrons. The first-order valence-corrected chi connectivity index (χ1v) is 9.23. The van der Waals surface area contributed by atoms with Crippen LogP contribution in [-0.2, 0) is 0 Å². The zero-order valence-corrected chi connectivity index (χ0v) is 15.1. The predicted molar refractivity (Wildman–Crippen MR) is 105 cm³/mol. The predicted octanol–water partition coefficient (Wildman–Crippen LogP) is 6.47. The van der Waals surface area contributed by atoms with E-state index in [-0.39, 0.29) is 0 Å². The van der Waals surface area contributed by atoms with E-state index in [0.717, 1.165) is 29.9 Å². The highest BCUT2D eigenvalue weighted by Crippen LogP contribution is 2.16. The van der Waals surface area contributed by atoms with Crippen molar-refractivity contribution in [2.75, 3.05) is 6.61 Å². The van der Waals surface area contributed by atoms with E-state index in [4.69, 9.17) is 10.00 Å². The molecule has 0 fully saturated rings. The van der Waals surface area contributed by atoms with Crippen molar-refractivity contribution in [3.8, 4) is 11.8 Å². The van der Waals surface area contributed by atoms with Crippen LogP contribution in [0.1, 0.15) is 62.1 Å². The molecule has 2 aromatic rings. The largest absolute Gasteiger partial charge is 0.494 e. The van der Waals surface area contributed by atoms with Gasteiger partial charge < -0.3 is 4.74 Å². The van der Waals surface area contributed by atoms with Gasteiger partial charge in [-0.1, -0.05) is 75.4 Å². The highest BCUT2D eigenvalue weighted by molar-refractivity contribution is 5.70. The summed E-state index contributed by atoms with van der Waals surface area (Å²) in [6.45, 7) is 3.04. The van der Waals surface area contributed by atoms with Crippen molar-refractivity contribution in [1.82, 2.24) is 0 Å². The molecule has 0 amide bonds. The fourth-order valence-electron chi connectivity index (χ4n) is 2.61. The number of unbranched alkanes of at least 4 members (excludes halogenated alkanes) is 5. The SMILES string of the molecule is CCCCCCCCOc1ccc(C=Cc2ccc(C#N)cc2)cc1. The maximum absolute atomic E-state index is 8.81. The van der Waals surface area contributed by atoms with E-state index >= 15 is 0 Å². The van der Waals surface area contributed by atoms with Crippen LogP contribution >= 0.6 is 0 Å². The molecule has 0 aliphatic heterocycles. The van der Waals surface area contributed by atoms with E-state index in [0.29, 0.717) is 5.56 Å². The third-order valence-electron chi connectivity index (χ3n) is 4.15. The van der Waals surface area contributed by atoms with Gasteiger partial charge >= 0.3 is 0 Å². The van der Waals surface area contributed by atoms with Crippen LogP contribution in [0.2, 0.25) is 0 Å². The Morgan fingerprint density at radius 1 is 0.800 bits per heavy atom. The average molecular weight is 333 g/mol. The van der Waals surface area contributed by atoms with Crippen LogP contribution in [0.15, 0.2) is 48.5 Å². The summed E-state index contributed by atoms with van der Waals surface area (Å²) in [5.41, 5.74) is 2.91. The molecule has 0 unspecified atom stereocenters. The van der Waals surface area contributed by atoms with Crippen LogP contribution in [0.3, 0.4) is 0 Å². The number of hydrogen-bond acceptors (Lipinski definition) is 2. The van der Waals surface area contributed by atoms with Gasteiger partial charge in [-0.05, 0) is 41.8 Å². The lowest BCUT2D eigenvalue weighted by molar-refractivity contribution is 0.304. The first kappa shape index (κ1) is 18.8. The van der Waals surface area contributed by atoms with E-state index in [9.17, 15) is 0 Å². The Bertz CT molecular complexity index is 678. The molecule has 0 aliphatic carbocycles. The number of nitrogens with zero attached hydrogens (tertiary/aromatic N) is 1. The van der Waals surface area contributed by atoms with Crippen molar-refractivity contribution in [1.29, 1.82) is 5.26 Å². The van der Waals surface area contributed by atoms with Gasteiger partial charge in [-0.3, -0.25) is 0 Å². The molecular weight excluding hydrogens is 306 g/mol. The molecule has 0 saturated carbocycles. The molecule has 0 atom stereocenters. The lowest BCUT2D eigenvalue weighted by Crippen LogP contribution is -1.97. The summed E-state index contributed by atoms with van der Waals surface area (Å²) in [6, 6.07) is 17.9. The Balaban J connectivity index is 1.73. The number of nitriles is 1. The molecule has 0 saturated heterocycles. The van der Waals surface area contributed by atoms with E-state index in [2.05, 4.69) is 31.2 Å². The Morgan fingerprint density at radius 2 is 1.36 bits per heavy atom. The average Bonchev–Trinajstić information content (AvgIpc) is 2.67. The number of ether oxygens (including phenoxy) is 1. The molecule has 0 radical (unpaired) electrons. The second-order valence-corrected chi connectivity index (χ2v) is 6.25. The molecule has 2 nitrogen and oxygen atoms in total. The third-order valence-corrected chi connectivity index (χ3v) is 4.15. The van der Waals surface area contributed by atoms with Gasteiger partial charge in [0.25, 0.3) is 0 Å². The van der Waals surface area contributed by atoms with Crippen LogP contribution in [-0.4, -0.2) is 6.61 Å². The fraction of sp³-hybridized carbons (Fsp3) is 0.348. The second kappa shape index (κ2) is 11.1. The van der Waals surface area contributed by atoms with Gasteiger partial charge in [-0.2, -0.15) is 5.26 Å². The maximum atomic E-state index is 8.81. The highest BCUT2D eigenvalue weighted by atomic mass is 16.5. The van der Waals surface area contributed by atoms with Crippen LogP contribution in [0.4, 0.5) is 0 Å². The van der Waals surface area contributed by atoms with Crippen LogP contribution < -0.4 is 4.74 Å². The van der Waals surface area contributed by atoms with Crippen LogP contribution in [0, 0.1) is 11.3 Å². The summed E-state index contributed by atoms with van der Waals surface area (Å²) in [6.07, 6.45) is 11.8. The molecule has 0 N–H and O–H groups in total. The smallest absolute Gasteiger partial charge is 0.119 e. The molecule has 2 aromatic carbocycles. The van der Waals surface area contributed by atoms with Crippen molar-refractivity contribution >= 4 is 12.2 Å². The molecule has 25 heavy (non-hydrogen) atoms. The zero-order valence-electron chi connectivity index (χ0n) is 15.1. The molecule has 0 spiro atoms. The quantitative estimate of drug-likeness (QED) is 0.369. The lowest BCUT2D eigenvalue weighted by atomic mass is 10.1. The van der Waals surface area contributed by atoms with Gasteiger partial charge in [0.05, 0.1) is 18.2 Å². The summed E-state index contributed by atoms with van der Waals surface area (Å²) in [5, 5.41) is 8.81. The number of benzene rings is 2. The molecule has 0 heterocycles. The van der Waals surface area contributed by atoms with E-state index in [1.54, 1.807) is 0 Å². The summed E-state index contributed by atoms with van der Waals surface area (Å²) in [4.78, 5) is 0. The Morgan fingerprint density at radius 3 is 1.96 bits per heavy atom.